The van der Waals surface area contributed by atoms with Gasteiger partial charge < -0.3 is 14.8 Å². The van der Waals surface area contributed by atoms with E-state index in [2.05, 4.69) is 5.32 Å². The lowest BCUT2D eigenvalue weighted by Gasteiger charge is -2.12. The van der Waals surface area contributed by atoms with Crippen LogP contribution in [-0.4, -0.2) is 26.2 Å². The summed E-state index contributed by atoms with van der Waals surface area (Å²) in [4.78, 5) is 12.3. The van der Waals surface area contributed by atoms with Crippen LogP contribution in [0, 0.1) is 0 Å². The van der Waals surface area contributed by atoms with Crippen molar-refractivity contribution in [2.24, 2.45) is 0 Å². The summed E-state index contributed by atoms with van der Waals surface area (Å²) in [6.07, 6.45) is 0.756. The lowest BCUT2D eigenvalue weighted by molar-refractivity contribution is 0.0944. The molecule has 0 aliphatic rings. The molecule has 0 aliphatic carbocycles. The largest absolute Gasteiger partial charge is 0.488 e. The van der Waals surface area contributed by atoms with Gasteiger partial charge in [0, 0.05) is 35.9 Å². The van der Waals surface area contributed by atoms with Gasteiger partial charge in [0.25, 0.3) is 5.91 Å². The van der Waals surface area contributed by atoms with E-state index in [0.717, 1.165) is 12.0 Å². The van der Waals surface area contributed by atoms with Crippen LogP contribution in [0.3, 0.4) is 0 Å². The number of carbonyl (C=O) groups is 1. The van der Waals surface area contributed by atoms with E-state index in [4.69, 9.17) is 32.7 Å². The zero-order valence-electron chi connectivity index (χ0n) is 13.4. The first-order valence-electron chi connectivity index (χ1n) is 7.54. The maximum absolute atomic E-state index is 12.3. The first kappa shape index (κ1) is 18.6. The number of nitrogens with one attached hydrogen (secondary N) is 1. The lowest BCUT2D eigenvalue weighted by atomic mass is 10.2. The Hall–Kier alpha value is -1.75. The zero-order chi connectivity index (χ0) is 17.4. The highest BCUT2D eigenvalue weighted by molar-refractivity contribution is 6.35. The highest BCUT2D eigenvalue weighted by Crippen LogP contribution is 2.24. The molecule has 0 aliphatic heterocycles. The monoisotopic (exact) mass is 367 g/mol. The number of halogens is 2. The predicted octanol–water partition coefficient (Wildman–Crippen LogP) is 4.34. The molecule has 0 saturated carbocycles. The lowest BCUT2D eigenvalue weighted by Crippen LogP contribution is -2.25. The molecule has 0 saturated heterocycles. The summed E-state index contributed by atoms with van der Waals surface area (Å²) in [7, 11) is 1.63. The van der Waals surface area contributed by atoms with Crippen molar-refractivity contribution in [1.29, 1.82) is 0 Å². The van der Waals surface area contributed by atoms with Crippen molar-refractivity contribution < 1.29 is 14.3 Å². The Morgan fingerprint density at radius 1 is 1.17 bits per heavy atom. The van der Waals surface area contributed by atoms with Crippen molar-refractivity contribution in [2.45, 2.75) is 13.0 Å². The quantitative estimate of drug-likeness (QED) is 0.706. The van der Waals surface area contributed by atoms with Gasteiger partial charge in [-0.25, -0.2) is 0 Å². The highest BCUT2D eigenvalue weighted by atomic mass is 35.5. The number of para-hydroxylation sites is 1. The molecule has 2 aromatic carbocycles. The summed E-state index contributed by atoms with van der Waals surface area (Å²) in [5.41, 5.74) is 1.29. The van der Waals surface area contributed by atoms with Crippen molar-refractivity contribution in [2.75, 3.05) is 20.3 Å². The molecule has 1 amide bonds. The fourth-order valence-electron chi connectivity index (χ4n) is 2.09. The van der Waals surface area contributed by atoms with Crippen molar-refractivity contribution in [3.8, 4) is 5.75 Å². The van der Waals surface area contributed by atoms with E-state index in [0.29, 0.717) is 34.5 Å². The number of amides is 1. The van der Waals surface area contributed by atoms with Gasteiger partial charge >= 0.3 is 0 Å². The first-order valence-corrected chi connectivity index (χ1v) is 8.30. The number of methoxy groups -OCH3 is 1. The maximum Gasteiger partial charge on any atom is 0.255 e. The third-order valence-corrected chi connectivity index (χ3v) is 3.93. The molecule has 2 rings (SSSR count). The Kier molecular flexibility index (Phi) is 7.37. The smallest absolute Gasteiger partial charge is 0.255 e. The second kappa shape index (κ2) is 9.52. The first-order chi connectivity index (χ1) is 11.6. The summed E-state index contributed by atoms with van der Waals surface area (Å²) in [6, 6.07) is 12.3. The van der Waals surface area contributed by atoms with Gasteiger partial charge in [0.15, 0.2) is 0 Å². The minimum atomic E-state index is -0.177. The predicted molar refractivity (Wildman–Crippen MR) is 96.1 cm³/mol. The summed E-state index contributed by atoms with van der Waals surface area (Å²) < 4.78 is 10.7. The van der Waals surface area contributed by atoms with Crippen LogP contribution in [0.4, 0.5) is 0 Å². The van der Waals surface area contributed by atoms with Crippen LogP contribution in [0.15, 0.2) is 42.5 Å². The molecule has 4 nitrogen and oxygen atoms in total. The van der Waals surface area contributed by atoms with Crippen LogP contribution in [0.25, 0.3) is 0 Å². The van der Waals surface area contributed by atoms with Crippen LogP contribution in [0.5, 0.6) is 5.75 Å². The third kappa shape index (κ3) is 5.41. The molecular formula is C18H19Cl2NO3. The van der Waals surface area contributed by atoms with Gasteiger partial charge in [-0.05, 0) is 30.7 Å². The van der Waals surface area contributed by atoms with E-state index in [-0.39, 0.29) is 12.5 Å². The van der Waals surface area contributed by atoms with Gasteiger partial charge in [0.1, 0.15) is 12.4 Å². The number of hydrogen-bond donors (Lipinski definition) is 1. The van der Waals surface area contributed by atoms with Gasteiger partial charge in [0.05, 0.1) is 5.56 Å². The zero-order valence-corrected chi connectivity index (χ0v) is 14.9. The summed E-state index contributed by atoms with van der Waals surface area (Å²) in [5.74, 6) is 0.330. The van der Waals surface area contributed by atoms with Crippen LogP contribution >= 0.6 is 23.2 Å². The summed E-state index contributed by atoms with van der Waals surface area (Å²) in [6.45, 7) is 1.40. The number of benzene rings is 2. The SMILES string of the molecule is COCCCNC(=O)c1ccccc1OCc1ccc(Cl)cc1Cl. The van der Waals surface area contributed by atoms with Crippen molar-refractivity contribution in [3.05, 3.63) is 63.6 Å². The summed E-state index contributed by atoms with van der Waals surface area (Å²) >= 11 is 12.0. The second-order valence-electron chi connectivity index (χ2n) is 5.12. The van der Waals surface area contributed by atoms with E-state index in [9.17, 15) is 4.79 Å². The minimum absolute atomic E-state index is 0.177. The number of ether oxygens (including phenoxy) is 2. The van der Waals surface area contributed by atoms with Gasteiger partial charge in [-0.2, -0.15) is 0 Å². The molecule has 0 unspecified atom stereocenters. The van der Waals surface area contributed by atoms with Gasteiger partial charge in [0.2, 0.25) is 0 Å². The average molecular weight is 368 g/mol. The molecule has 0 atom stereocenters. The van der Waals surface area contributed by atoms with E-state index >= 15 is 0 Å². The Morgan fingerprint density at radius 2 is 1.96 bits per heavy atom. The van der Waals surface area contributed by atoms with Crippen molar-refractivity contribution in [1.82, 2.24) is 5.32 Å². The van der Waals surface area contributed by atoms with Crippen molar-refractivity contribution >= 4 is 29.1 Å². The van der Waals surface area contributed by atoms with Crippen LogP contribution in [0.2, 0.25) is 10.0 Å². The number of carbonyl (C=O) groups excluding carboxylic acids is 1. The fourth-order valence-corrected chi connectivity index (χ4v) is 2.55. The van der Waals surface area contributed by atoms with E-state index in [1.54, 1.807) is 43.5 Å². The molecule has 0 heterocycles. The topological polar surface area (TPSA) is 47.6 Å². The van der Waals surface area contributed by atoms with E-state index in [1.165, 1.54) is 0 Å². The van der Waals surface area contributed by atoms with Crippen molar-refractivity contribution in [3.63, 3.8) is 0 Å². The Morgan fingerprint density at radius 3 is 2.71 bits per heavy atom. The fraction of sp³-hybridized carbons (Fsp3) is 0.278. The normalized spacial score (nSPS) is 10.5. The molecule has 1 N–H and O–H groups in total. The maximum atomic E-state index is 12.3. The molecule has 0 radical (unpaired) electrons. The van der Waals surface area contributed by atoms with E-state index < -0.39 is 0 Å². The molecule has 0 aromatic heterocycles. The number of rotatable bonds is 8. The van der Waals surface area contributed by atoms with Crippen LogP contribution in [-0.2, 0) is 11.3 Å². The molecule has 128 valence electrons. The van der Waals surface area contributed by atoms with Gasteiger partial charge in [-0.15, -0.1) is 0 Å². The van der Waals surface area contributed by atoms with Crippen LogP contribution in [0.1, 0.15) is 22.3 Å². The number of hydrogen-bond acceptors (Lipinski definition) is 3. The average Bonchev–Trinajstić information content (AvgIpc) is 2.58. The molecule has 0 spiro atoms. The molecule has 6 heteroatoms. The molecule has 24 heavy (non-hydrogen) atoms. The Balaban J connectivity index is 2.01. The molecule has 0 fully saturated rings. The Bertz CT molecular complexity index is 692. The minimum Gasteiger partial charge on any atom is -0.488 e. The second-order valence-corrected chi connectivity index (χ2v) is 5.97. The molecule has 0 bridgehead atoms. The third-order valence-electron chi connectivity index (χ3n) is 3.34. The van der Waals surface area contributed by atoms with Gasteiger partial charge in [-0.1, -0.05) is 41.4 Å². The van der Waals surface area contributed by atoms with Crippen LogP contribution < -0.4 is 10.1 Å². The highest BCUT2D eigenvalue weighted by Gasteiger charge is 2.12. The molecule has 2 aromatic rings. The summed E-state index contributed by atoms with van der Waals surface area (Å²) in [5, 5.41) is 3.95. The Labute approximate surface area is 151 Å². The molecular weight excluding hydrogens is 349 g/mol. The standard InChI is InChI=1S/C18H19Cl2NO3/c1-23-10-4-9-21-18(22)15-5-2-3-6-17(15)24-12-13-7-8-14(19)11-16(13)20/h2-3,5-8,11H,4,9-10,12H2,1H3,(H,21,22). The van der Waals surface area contributed by atoms with E-state index in [1.807, 2.05) is 6.07 Å². The van der Waals surface area contributed by atoms with Gasteiger partial charge in [-0.3, -0.25) is 4.79 Å².